The van der Waals surface area contributed by atoms with Crippen molar-refractivity contribution in [1.29, 1.82) is 0 Å². The first-order valence-corrected chi connectivity index (χ1v) is 28.9. The second kappa shape index (κ2) is 20.9. The van der Waals surface area contributed by atoms with Gasteiger partial charge in [-0.15, -0.1) is 45.3 Å². The number of benzene rings is 1. The highest BCUT2D eigenvalue weighted by molar-refractivity contribution is 7.24. The van der Waals surface area contributed by atoms with Gasteiger partial charge in [-0.1, -0.05) is 170 Å². The van der Waals surface area contributed by atoms with E-state index in [-0.39, 0.29) is 10.8 Å². The van der Waals surface area contributed by atoms with Gasteiger partial charge in [0.05, 0.1) is 0 Å². The molecule has 63 heavy (non-hydrogen) atoms. The van der Waals surface area contributed by atoms with Gasteiger partial charge < -0.3 is 0 Å². The summed E-state index contributed by atoms with van der Waals surface area (Å²) in [5, 5.41) is 14.2. The summed E-state index contributed by atoms with van der Waals surface area (Å²) in [4.78, 5) is 8.67. The Bertz CT molecular complexity index is 2190. The summed E-state index contributed by atoms with van der Waals surface area (Å²) < 4.78 is 5.75. The van der Waals surface area contributed by atoms with Crippen molar-refractivity contribution in [3.63, 3.8) is 0 Å². The van der Waals surface area contributed by atoms with Crippen LogP contribution in [0.3, 0.4) is 0 Å². The van der Waals surface area contributed by atoms with Crippen LogP contribution in [0.25, 0.3) is 51.4 Å². The molecule has 5 heterocycles. The Morgan fingerprint density at radius 2 is 0.810 bits per heavy atom. The molecule has 0 N–H and O–H groups in total. The average Bonchev–Trinajstić information content (AvgIpc) is 4.17. The molecule has 0 spiro atoms. The molecule has 8 rings (SSSR count). The maximum Gasteiger partial charge on any atom is 0.144 e. The molecule has 6 aromatic rings. The molecule has 2 aliphatic carbocycles. The van der Waals surface area contributed by atoms with E-state index in [1.807, 2.05) is 45.3 Å². The van der Waals surface area contributed by atoms with Gasteiger partial charge >= 0.3 is 0 Å². The lowest BCUT2D eigenvalue weighted by molar-refractivity contribution is 0.266. The Morgan fingerprint density at radius 3 is 1.13 bits per heavy atom. The molecule has 4 atom stereocenters. The normalized spacial score (nSPS) is 19.6. The van der Waals surface area contributed by atoms with E-state index < -0.39 is 0 Å². The standard InChI is InChI=1S/C56H76N2OS4/c1-9-17-21-37(13-5)33-55(34-38(14-6)22-18-10-2)43-27-29-60-51(43)53-45(55)31-47(62-53)41-25-26-42(50-49(41)57-59-58-50)48-32-46-54(63-48)52-44(28-30-61-52)56(46,35-39(15-7)23-19-11-3)36-40(16-8)24-20-12-4/h25-32,37-40H,9-24,33-36H2,1-8H3. The van der Waals surface area contributed by atoms with Crippen molar-refractivity contribution in [2.75, 3.05) is 0 Å². The molecule has 0 saturated carbocycles. The predicted octanol–water partition coefficient (Wildman–Crippen LogP) is 19.8. The van der Waals surface area contributed by atoms with E-state index in [1.54, 1.807) is 22.3 Å². The minimum Gasteiger partial charge on any atom is -0.243 e. The molecule has 5 aromatic heterocycles. The smallest absolute Gasteiger partial charge is 0.144 e. The Balaban J connectivity index is 1.21. The molecule has 0 fully saturated rings. The van der Waals surface area contributed by atoms with Gasteiger partial charge in [0.1, 0.15) is 11.0 Å². The highest BCUT2D eigenvalue weighted by atomic mass is 32.1. The van der Waals surface area contributed by atoms with Crippen molar-refractivity contribution in [3.8, 4) is 40.4 Å². The van der Waals surface area contributed by atoms with Gasteiger partial charge in [0, 0.05) is 51.2 Å². The van der Waals surface area contributed by atoms with E-state index in [0.717, 1.165) is 34.7 Å². The molecule has 0 radical (unpaired) electrons. The quantitative estimate of drug-likeness (QED) is 0.0544. The predicted molar refractivity (Wildman–Crippen MR) is 278 cm³/mol. The van der Waals surface area contributed by atoms with Crippen LogP contribution in [0.2, 0.25) is 0 Å². The third kappa shape index (κ3) is 8.89. The number of fused-ring (bicyclic) bond motifs is 7. The van der Waals surface area contributed by atoms with E-state index in [9.17, 15) is 0 Å². The van der Waals surface area contributed by atoms with Gasteiger partial charge in [-0.2, -0.15) is 0 Å². The zero-order chi connectivity index (χ0) is 44.1. The number of hydrogen-bond donors (Lipinski definition) is 0. The fraction of sp³-hybridized carbons (Fsp3) is 0.607. The zero-order valence-corrected chi connectivity index (χ0v) is 43.3. The summed E-state index contributed by atoms with van der Waals surface area (Å²) in [6.07, 6.45) is 25.7. The Hall–Kier alpha value is -2.58. The average molecular weight is 922 g/mol. The zero-order valence-electron chi connectivity index (χ0n) is 40.0. The maximum atomic E-state index is 5.75. The van der Waals surface area contributed by atoms with E-state index in [0.29, 0.717) is 0 Å². The van der Waals surface area contributed by atoms with Crippen LogP contribution in [0, 0.1) is 23.7 Å². The third-order valence-corrected chi connectivity index (χ3v) is 20.4. The highest BCUT2D eigenvalue weighted by Crippen LogP contribution is 2.63. The molecule has 3 nitrogen and oxygen atoms in total. The second-order valence-electron chi connectivity index (χ2n) is 19.8. The molecular formula is C56H76N2OS4. The van der Waals surface area contributed by atoms with Crippen molar-refractivity contribution in [2.24, 2.45) is 23.7 Å². The van der Waals surface area contributed by atoms with E-state index in [4.69, 9.17) is 14.9 Å². The van der Waals surface area contributed by atoms with Crippen molar-refractivity contribution in [3.05, 3.63) is 69.4 Å². The molecule has 2 aliphatic rings. The molecule has 340 valence electrons. The Labute approximate surface area is 396 Å². The molecule has 0 saturated heterocycles. The van der Waals surface area contributed by atoms with Gasteiger partial charge in [0.2, 0.25) is 0 Å². The van der Waals surface area contributed by atoms with Gasteiger partial charge in [-0.25, -0.2) is 4.63 Å². The van der Waals surface area contributed by atoms with Crippen LogP contribution in [-0.4, -0.2) is 10.3 Å². The summed E-state index contributed by atoms with van der Waals surface area (Å²) >= 11 is 7.92. The van der Waals surface area contributed by atoms with Crippen molar-refractivity contribution in [1.82, 2.24) is 10.3 Å². The number of aromatic nitrogens is 2. The van der Waals surface area contributed by atoms with Crippen molar-refractivity contribution < 1.29 is 4.63 Å². The maximum absolute atomic E-state index is 5.75. The number of nitrogens with zero attached hydrogens (tertiary/aromatic N) is 2. The highest BCUT2D eigenvalue weighted by Gasteiger charge is 2.49. The number of unbranched alkanes of at least 4 members (excludes halogenated alkanes) is 4. The lowest BCUT2D eigenvalue weighted by Gasteiger charge is -2.37. The van der Waals surface area contributed by atoms with Crippen LogP contribution in [0.5, 0.6) is 0 Å². The molecule has 7 heteroatoms. The van der Waals surface area contributed by atoms with Crippen LogP contribution in [0.15, 0.2) is 51.8 Å². The van der Waals surface area contributed by atoms with Gasteiger partial charge in [-0.05, 0) is 117 Å². The summed E-state index contributed by atoms with van der Waals surface area (Å²) in [6.45, 7) is 19.2. The van der Waals surface area contributed by atoms with Crippen LogP contribution in [-0.2, 0) is 10.8 Å². The summed E-state index contributed by atoms with van der Waals surface area (Å²) in [7, 11) is 0. The van der Waals surface area contributed by atoms with Crippen molar-refractivity contribution in [2.45, 2.75) is 195 Å². The van der Waals surface area contributed by atoms with Crippen molar-refractivity contribution >= 4 is 56.4 Å². The molecule has 0 aliphatic heterocycles. The van der Waals surface area contributed by atoms with Crippen LogP contribution in [0.1, 0.15) is 206 Å². The fourth-order valence-corrected chi connectivity index (χ4v) is 17.1. The Kier molecular flexibility index (Phi) is 15.6. The van der Waals surface area contributed by atoms with Gasteiger partial charge in [0.25, 0.3) is 0 Å². The minimum atomic E-state index is 0.0642. The number of thiophene rings is 4. The lowest BCUT2D eigenvalue weighted by atomic mass is 9.65. The van der Waals surface area contributed by atoms with Crippen LogP contribution in [0.4, 0.5) is 0 Å². The number of hydrogen-bond acceptors (Lipinski definition) is 7. The van der Waals surface area contributed by atoms with Gasteiger partial charge in [-0.3, -0.25) is 0 Å². The molecule has 4 unspecified atom stereocenters. The molecule has 1 aromatic carbocycles. The fourth-order valence-electron chi connectivity index (χ4n) is 12.2. The minimum absolute atomic E-state index is 0.0642. The lowest BCUT2D eigenvalue weighted by Crippen LogP contribution is -2.31. The summed E-state index contributed by atoms with van der Waals surface area (Å²) in [6, 6.07) is 14.9. The second-order valence-corrected chi connectivity index (χ2v) is 23.7. The largest absolute Gasteiger partial charge is 0.243 e. The SMILES string of the molecule is CCCCC(CC)CC1(CC(CC)CCCC)c2ccsc2-c2sc(-c3ccc(-c4cc5c(s4)-c4sccc4C5(CC(CC)CCCC)CC(CC)CCCC)c4nonc34)cc21. The van der Waals surface area contributed by atoms with Crippen LogP contribution >= 0.6 is 45.3 Å². The topological polar surface area (TPSA) is 38.9 Å². The van der Waals surface area contributed by atoms with Crippen LogP contribution < -0.4 is 0 Å². The first-order valence-electron chi connectivity index (χ1n) is 25.5. The molecule has 0 bridgehead atoms. The molecule has 0 amide bonds. The first kappa shape index (κ1) is 46.9. The van der Waals surface area contributed by atoms with E-state index in [1.165, 1.54) is 169 Å². The number of rotatable bonds is 26. The summed E-state index contributed by atoms with van der Waals surface area (Å²) in [5.41, 5.74) is 10.7. The summed E-state index contributed by atoms with van der Waals surface area (Å²) in [5.74, 6) is 2.91. The van der Waals surface area contributed by atoms with E-state index in [2.05, 4.69) is 103 Å². The third-order valence-electron chi connectivity index (χ3n) is 15.9. The first-order chi connectivity index (χ1) is 30.8. The van der Waals surface area contributed by atoms with E-state index >= 15 is 0 Å². The monoisotopic (exact) mass is 920 g/mol. The molecular weight excluding hydrogens is 845 g/mol. The van der Waals surface area contributed by atoms with Gasteiger partial charge in [0.15, 0.2) is 0 Å². The Morgan fingerprint density at radius 1 is 0.460 bits per heavy atom.